The summed E-state index contributed by atoms with van der Waals surface area (Å²) in [6, 6.07) is 6.40. The molecule has 1 saturated heterocycles. The fourth-order valence-corrected chi connectivity index (χ4v) is 2.50. The van der Waals surface area contributed by atoms with E-state index in [2.05, 4.69) is 10.6 Å². The number of primary amides is 1. The van der Waals surface area contributed by atoms with Crippen LogP contribution in [0.2, 0.25) is 0 Å². The summed E-state index contributed by atoms with van der Waals surface area (Å²) in [5.41, 5.74) is 5.57. The van der Waals surface area contributed by atoms with Gasteiger partial charge in [0.05, 0.1) is 0 Å². The number of amides is 2. The summed E-state index contributed by atoms with van der Waals surface area (Å²) in [5, 5.41) is 6.23. The fraction of sp³-hybridized carbons (Fsp3) is 0.500. The smallest absolute Gasteiger partial charge is 0.257 e. The van der Waals surface area contributed by atoms with Crippen molar-refractivity contribution < 1.29 is 14.3 Å². The van der Waals surface area contributed by atoms with Crippen molar-refractivity contribution in [2.45, 2.75) is 19.3 Å². The molecule has 4 N–H and O–H groups in total. The summed E-state index contributed by atoms with van der Waals surface area (Å²) >= 11 is 0. The third-order valence-electron chi connectivity index (χ3n) is 3.78. The lowest BCUT2D eigenvalue weighted by atomic mass is 9.96. The van der Waals surface area contributed by atoms with Crippen molar-refractivity contribution in [2.24, 2.45) is 11.7 Å². The minimum Gasteiger partial charge on any atom is -0.484 e. The average molecular weight is 305 g/mol. The van der Waals surface area contributed by atoms with Crippen LogP contribution in [0.5, 0.6) is 5.75 Å². The normalized spacial score (nSPS) is 17.7. The summed E-state index contributed by atoms with van der Waals surface area (Å²) in [7, 11) is 0. The summed E-state index contributed by atoms with van der Waals surface area (Å²) in [6.45, 7) is 2.79. The van der Waals surface area contributed by atoms with Crippen LogP contribution < -0.4 is 21.1 Å². The van der Waals surface area contributed by atoms with Crippen molar-refractivity contribution in [3.63, 3.8) is 0 Å². The molecule has 1 fully saturated rings. The van der Waals surface area contributed by atoms with Gasteiger partial charge in [-0.3, -0.25) is 9.59 Å². The van der Waals surface area contributed by atoms with Crippen LogP contribution in [0.4, 0.5) is 0 Å². The predicted octanol–water partition coefficient (Wildman–Crippen LogP) is 0.670. The van der Waals surface area contributed by atoms with E-state index in [0.717, 1.165) is 19.5 Å². The average Bonchev–Trinajstić information content (AvgIpc) is 2.54. The van der Waals surface area contributed by atoms with E-state index in [1.54, 1.807) is 24.3 Å². The van der Waals surface area contributed by atoms with E-state index >= 15 is 0 Å². The standard InChI is InChI=1S/C16H23N3O3/c17-16(21)13-3-5-14(6-4-13)22-11-15(20)19-9-7-12-2-1-8-18-10-12/h3-6,12,18H,1-2,7-11H2,(H2,17,21)(H,19,20). The molecule has 6 heteroatoms. The molecule has 1 aromatic carbocycles. The topological polar surface area (TPSA) is 93.5 Å². The van der Waals surface area contributed by atoms with Gasteiger partial charge in [0.1, 0.15) is 5.75 Å². The molecule has 0 aromatic heterocycles. The Bertz CT molecular complexity index is 496. The number of ether oxygens (including phenoxy) is 1. The molecule has 1 aliphatic heterocycles. The van der Waals surface area contributed by atoms with Crippen molar-refractivity contribution in [2.75, 3.05) is 26.2 Å². The lowest BCUT2D eigenvalue weighted by Gasteiger charge is -2.22. The maximum absolute atomic E-state index is 11.7. The molecule has 2 amide bonds. The lowest BCUT2D eigenvalue weighted by Crippen LogP contribution is -2.34. The minimum atomic E-state index is -0.485. The van der Waals surface area contributed by atoms with Crippen LogP contribution in [0.25, 0.3) is 0 Å². The summed E-state index contributed by atoms with van der Waals surface area (Å²) < 4.78 is 5.37. The predicted molar refractivity (Wildman–Crippen MR) is 83.7 cm³/mol. The van der Waals surface area contributed by atoms with Crippen LogP contribution >= 0.6 is 0 Å². The Morgan fingerprint density at radius 3 is 2.73 bits per heavy atom. The van der Waals surface area contributed by atoms with Crippen LogP contribution in [0.1, 0.15) is 29.6 Å². The van der Waals surface area contributed by atoms with E-state index < -0.39 is 5.91 Å². The molecule has 0 spiro atoms. The molecular formula is C16H23N3O3. The molecule has 1 atom stereocenters. The minimum absolute atomic E-state index is 0.0289. The molecule has 120 valence electrons. The second-order valence-electron chi connectivity index (χ2n) is 5.53. The number of nitrogens with one attached hydrogen (secondary N) is 2. The van der Waals surface area contributed by atoms with E-state index in [0.29, 0.717) is 23.8 Å². The highest BCUT2D eigenvalue weighted by Gasteiger charge is 2.12. The van der Waals surface area contributed by atoms with Crippen LogP contribution in [0.3, 0.4) is 0 Å². The zero-order valence-electron chi connectivity index (χ0n) is 12.6. The number of hydrogen-bond acceptors (Lipinski definition) is 4. The third-order valence-corrected chi connectivity index (χ3v) is 3.78. The van der Waals surface area contributed by atoms with Gasteiger partial charge in [-0.15, -0.1) is 0 Å². The van der Waals surface area contributed by atoms with Gasteiger partial charge in [0.2, 0.25) is 5.91 Å². The first-order chi connectivity index (χ1) is 10.6. The highest BCUT2D eigenvalue weighted by Crippen LogP contribution is 2.13. The van der Waals surface area contributed by atoms with Gasteiger partial charge in [0, 0.05) is 12.1 Å². The molecule has 1 aliphatic rings. The van der Waals surface area contributed by atoms with Gasteiger partial charge in [-0.2, -0.15) is 0 Å². The quantitative estimate of drug-likeness (QED) is 0.690. The SMILES string of the molecule is NC(=O)c1ccc(OCC(=O)NCCC2CCCNC2)cc1. The number of benzene rings is 1. The van der Waals surface area contributed by atoms with Crippen LogP contribution in [-0.4, -0.2) is 38.1 Å². The van der Waals surface area contributed by atoms with E-state index in [9.17, 15) is 9.59 Å². The molecule has 1 aromatic rings. The monoisotopic (exact) mass is 305 g/mol. The summed E-state index contributed by atoms with van der Waals surface area (Å²) in [6.07, 6.45) is 3.43. The first-order valence-corrected chi connectivity index (χ1v) is 7.65. The Morgan fingerprint density at radius 1 is 1.32 bits per heavy atom. The van der Waals surface area contributed by atoms with Gasteiger partial charge in [0.15, 0.2) is 6.61 Å². The molecule has 0 aliphatic carbocycles. The number of piperidine rings is 1. The van der Waals surface area contributed by atoms with Gasteiger partial charge < -0.3 is 21.1 Å². The Balaban J connectivity index is 1.63. The zero-order valence-corrected chi connectivity index (χ0v) is 12.6. The highest BCUT2D eigenvalue weighted by molar-refractivity contribution is 5.92. The van der Waals surface area contributed by atoms with E-state index in [1.165, 1.54) is 12.8 Å². The molecular weight excluding hydrogens is 282 g/mol. The van der Waals surface area contributed by atoms with E-state index in [1.807, 2.05) is 0 Å². The number of carbonyl (C=O) groups is 2. The maximum atomic E-state index is 11.7. The number of nitrogens with two attached hydrogens (primary N) is 1. The molecule has 22 heavy (non-hydrogen) atoms. The Kier molecular flexibility index (Phi) is 6.21. The van der Waals surface area contributed by atoms with Gasteiger partial charge >= 0.3 is 0 Å². The van der Waals surface area contributed by atoms with Crippen molar-refractivity contribution in [3.05, 3.63) is 29.8 Å². The van der Waals surface area contributed by atoms with Gasteiger partial charge in [-0.25, -0.2) is 0 Å². The van der Waals surface area contributed by atoms with Gasteiger partial charge in [0.25, 0.3) is 5.91 Å². The molecule has 1 heterocycles. The molecule has 0 bridgehead atoms. The Morgan fingerprint density at radius 2 is 2.09 bits per heavy atom. The lowest BCUT2D eigenvalue weighted by molar-refractivity contribution is -0.123. The first-order valence-electron chi connectivity index (χ1n) is 7.65. The number of hydrogen-bond donors (Lipinski definition) is 3. The summed E-state index contributed by atoms with van der Waals surface area (Å²) in [5.74, 6) is 0.567. The van der Waals surface area contributed by atoms with Crippen LogP contribution in [-0.2, 0) is 4.79 Å². The van der Waals surface area contributed by atoms with Crippen molar-refractivity contribution in [1.82, 2.24) is 10.6 Å². The second kappa shape index (κ2) is 8.38. The molecule has 0 radical (unpaired) electrons. The van der Waals surface area contributed by atoms with Crippen molar-refractivity contribution in [1.29, 1.82) is 0 Å². The first kappa shape index (κ1) is 16.3. The molecule has 0 saturated carbocycles. The Hall–Kier alpha value is -2.08. The number of rotatable bonds is 7. The third kappa shape index (κ3) is 5.37. The second-order valence-corrected chi connectivity index (χ2v) is 5.53. The molecule has 2 rings (SSSR count). The molecule has 6 nitrogen and oxygen atoms in total. The maximum Gasteiger partial charge on any atom is 0.257 e. The fourth-order valence-electron chi connectivity index (χ4n) is 2.50. The molecule has 1 unspecified atom stereocenters. The van der Waals surface area contributed by atoms with Gasteiger partial charge in [-0.1, -0.05) is 0 Å². The van der Waals surface area contributed by atoms with E-state index in [4.69, 9.17) is 10.5 Å². The largest absolute Gasteiger partial charge is 0.484 e. The van der Waals surface area contributed by atoms with Crippen LogP contribution in [0, 0.1) is 5.92 Å². The highest BCUT2D eigenvalue weighted by atomic mass is 16.5. The zero-order chi connectivity index (χ0) is 15.8. The number of carbonyl (C=O) groups excluding carboxylic acids is 2. The van der Waals surface area contributed by atoms with Crippen molar-refractivity contribution in [3.8, 4) is 5.75 Å². The van der Waals surface area contributed by atoms with Crippen LogP contribution in [0.15, 0.2) is 24.3 Å². The summed E-state index contributed by atoms with van der Waals surface area (Å²) in [4.78, 5) is 22.6. The van der Waals surface area contributed by atoms with E-state index in [-0.39, 0.29) is 12.5 Å². The van der Waals surface area contributed by atoms with Crippen molar-refractivity contribution >= 4 is 11.8 Å². The Labute approximate surface area is 130 Å². The van der Waals surface area contributed by atoms with Gasteiger partial charge in [-0.05, 0) is 62.5 Å².